The van der Waals surface area contributed by atoms with Gasteiger partial charge >= 0.3 is 0 Å². The first-order chi connectivity index (χ1) is 14.1. The van der Waals surface area contributed by atoms with Gasteiger partial charge in [-0.25, -0.2) is 4.98 Å². The molecule has 0 aliphatic carbocycles. The molecule has 3 aromatic rings. The summed E-state index contributed by atoms with van der Waals surface area (Å²) in [7, 11) is 0. The standard InChI is InChI=1S/C19H19N5O5/c1-11-5-17(24-19(22-11)20-9-21-24)29-14-7-23(8-14)18(25)12(2)28-13-3-4-15-16(6-13)27-10-26-15/h3-6,9,12,14H,7-8,10H2,1-2H3. The SMILES string of the molecule is Cc1cc(OC2CN(C(=O)C(C)Oc3ccc4c(c3)OCO4)C2)n2ncnc2n1. The molecule has 1 fully saturated rings. The van der Waals surface area contributed by atoms with Crippen molar-refractivity contribution in [3.63, 3.8) is 0 Å². The number of rotatable bonds is 5. The molecule has 0 radical (unpaired) electrons. The Bertz CT molecular complexity index is 1080. The summed E-state index contributed by atoms with van der Waals surface area (Å²) in [6.45, 7) is 4.75. The van der Waals surface area contributed by atoms with E-state index in [4.69, 9.17) is 18.9 Å². The second kappa shape index (κ2) is 6.80. The van der Waals surface area contributed by atoms with Crippen molar-refractivity contribution < 1.29 is 23.7 Å². The Labute approximate surface area is 166 Å². The molecule has 4 heterocycles. The minimum Gasteiger partial charge on any atom is -0.481 e. The van der Waals surface area contributed by atoms with Crippen LogP contribution in [0.2, 0.25) is 0 Å². The summed E-state index contributed by atoms with van der Waals surface area (Å²) in [5, 5.41) is 4.12. The lowest BCUT2D eigenvalue weighted by molar-refractivity contribution is -0.147. The summed E-state index contributed by atoms with van der Waals surface area (Å²) in [6.07, 6.45) is 0.688. The van der Waals surface area contributed by atoms with E-state index in [9.17, 15) is 4.79 Å². The molecule has 0 spiro atoms. The van der Waals surface area contributed by atoms with E-state index in [0.29, 0.717) is 42.0 Å². The molecular formula is C19H19N5O5. The van der Waals surface area contributed by atoms with E-state index in [1.54, 1.807) is 40.6 Å². The van der Waals surface area contributed by atoms with Crippen molar-refractivity contribution in [2.45, 2.75) is 26.1 Å². The lowest BCUT2D eigenvalue weighted by Crippen LogP contribution is -2.59. The van der Waals surface area contributed by atoms with E-state index >= 15 is 0 Å². The lowest BCUT2D eigenvalue weighted by Gasteiger charge is -2.39. The first kappa shape index (κ1) is 17.5. The first-order valence-corrected chi connectivity index (χ1v) is 9.26. The number of carbonyl (C=O) groups excluding carboxylic acids is 1. The Morgan fingerprint density at radius 2 is 2.07 bits per heavy atom. The second-order valence-electron chi connectivity index (χ2n) is 6.97. The van der Waals surface area contributed by atoms with Gasteiger partial charge in [0.15, 0.2) is 17.6 Å². The van der Waals surface area contributed by atoms with Crippen molar-refractivity contribution in [1.29, 1.82) is 0 Å². The zero-order valence-electron chi connectivity index (χ0n) is 15.9. The van der Waals surface area contributed by atoms with Crippen molar-refractivity contribution in [3.05, 3.63) is 36.3 Å². The van der Waals surface area contributed by atoms with Gasteiger partial charge in [-0.3, -0.25) is 4.79 Å². The number of aromatic nitrogens is 4. The van der Waals surface area contributed by atoms with Gasteiger partial charge in [-0.2, -0.15) is 14.6 Å². The average molecular weight is 397 g/mol. The highest BCUT2D eigenvalue weighted by atomic mass is 16.7. The van der Waals surface area contributed by atoms with Gasteiger partial charge in [-0.1, -0.05) is 0 Å². The number of fused-ring (bicyclic) bond motifs is 2. The van der Waals surface area contributed by atoms with Gasteiger partial charge in [0.2, 0.25) is 12.7 Å². The summed E-state index contributed by atoms with van der Waals surface area (Å²) in [5.74, 6) is 2.80. The van der Waals surface area contributed by atoms with Crippen molar-refractivity contribution in [2.24, 2.45) is 0 Å². The number of likely N-dealkylation sites (tertiary alicyclic amines) is 1. The number of hydrogen-bond donors (Lipinski definition) is 0. The van der Waals surface area contributed by atoms with Crippen LogP contribution in [0.1, 0.15) is 12.6 Å². The molecule has 2 aliphatic rings. The third-order valence-electron chi connectivity index (χ3n) is 4.80. The summed E-state index contributed by atoms with van der Waals surface area (Å²) >= 11 is 0. The van der Waals surface area contributed by atoms with Gasteiger partial charge in [0.1, 0.15) is 18.2 Å². The Kier molecular flexibility index (Phi) is 4.11. The normalized spacial score (nSPS) is 16.6. The van der Waals surface area contributed by atoms with E-state index in [1.165, 1.54) is 6.33 Å². The fourth-order valence-corrected chi connectivity index (χ4v) is 3.31. The molecule has 5 rings (SSSR count). The van der Waals surface area contributed by atoms with E-state index < -0.39 is 6.10 Å². The molecule has 2 aliphatic heterocycles. The zero-order valence-corrected chi connectivity index (χ0v) is 15.9. The van der Waals surface area contributed by atoms with Crippen LogP contribution in [0.25, 0.3) is 5.78 Å². The largest absolute Gasteiger partial charge is 0.481 e. The van der Waals surface area contributed by atoms with E-state index in [1.807, 2.05) is 6.92 Å². The van der Waals surface area contributed by atoms with Gasteiger partial charge in [0.05, 0.1) is 13.1 Å². The van der Waals surface area contributed by atoms with Crippen molar-refractivity contribution in [3.8, 4) is 23.1 Å². The molecule has 2 aromatic heterocycles. The van der Waals surface area contributed by atoms with Crippen LogP contribution >= 0.6 is 0 Å². The molecule has 0 saturated carbocycles. The number of nitrogens with zero attached hydrogens (tertiary/aromatic N) is 5. The highest BCUT2D eigenvalue weighted by Gasteiger charge is 2.36. The maximum atomic E-state index is 12.6. The maximum Gasteiger partial charge on any atom is 0.263 e. The molecule has 1 saturated heterocycles. The molecule has 0 bridgehead atoms. The van der Waals surface area contributed by atoms with E-state index in [-0.39, 0.29) is 18.8 Å². The second-order valence-corrected chi connectivity index (χ2v) is 6.97. The smallest absolute Gasteiger partial charge is 0.263 e. The minimum absolute atomic E-state index is 0.0978. The molecular weight excluding hydrogens is 378 g/mol. The van der Waals surface area contributed by atoms with E-state index in [0.717, 1.165) is 5.69 Å². The summed E-state index contributed by atoms with van der Waals surface area (Å²) in [6, 6.07) is 7.05. The highest BCUT2D eigenvalue weighted by Crippen LogP contribution is 2.35. The van der Waals surface area contributed by atoms with Crippen molar-refractivity contribution >= 4 is 11.7 Å². The third kappa shape index (κ3) is 3.26. The van der Waals surface area contributed by atoms with Gasteiger partial charge in [0.25, 0.3) is 11.7 Å². The van der Waals surface area contributed by atoms with Crippen LogP contribution in [0.4, 0.5) is 0 Å². The number of aryl methyl sites for hydroxylation is 1. The number of benzene rings is 1. The number of amides is 1. The van der Waals surface area contributed by atoms with Crippen LogP contribution in [0.3, 0.4) is 0 Å². The fraction of sp³-hybridized carbons (Fsp3) is 0.368. The number of ether oxygens (including phenoxy) is 4. The number of hydrogen-bond acceptors (Lipinski definition) is 8. The van der Waals surface area contributed by atoms with Crippen LogP contribution < -0.4 is 18.9 Å². The molecule has 1 unspecified atom stereocenters. The molecule has 10 nitrogen and oxygen atoms in total. The quantitative estimate of drug-likeness (QED) is 0.634. The van der Waals surface area contributed by atoms with E-state index in [2.05, 4.69) is 15.1 Å². The predicted molar refractivity (Wildman–Crippen MR) is 99.2 cm³/mol. The molecule has 1 aromatic carbocycles. The maximum absolute atomic E-state index is 12.6. The molecule has 29 heavy (non-hydrogen) atoms. The van der Waals surface area contributed by atoms with Gasteiger partial charge in [-0.05, 0) is 26.0 Å². The van der Waals surface area contributed by atoms with Crippen LogP contribution in [0, 0.1) is 6.92 Å². The fourth-order valence-electron chi connectivity index (χ4n) is 3.31. The average Bonchev–Trinajstić information content (AvgIpc) is 3.32. The van der Waals surface area contributed by atoms with Gasteiger partial charge in [0, 0.05) is 17.8 Å². The topological polar surface area (TPSA) is 100 Å². The molecule has 1 atom stereocenters. The molecule has 10 heteroatoms. The van der Waals surface area contributed by atoms with Crippen LogP contribution in [0.5, 0.6) is 23.1 Å². The summed E-state index contributed by atoms with van der Waals surface area (Å²) < 4.78 is 23.9. The van der Waals surface area contributed by atoms with Crippen LogP contribution in [-0.4, -0.2) is 62.5 Å². The lowest BCUT2D eigenvalue weighted by atomic mass is 10.1. The highest BCUT2D eigenvalue weighted by molar-refractivity contribution is 5.81. The third-order valence-corrected chi connectivity index (χ3v) is 4.80. The number of carbonyl (C=O) groups is 1. The Morgan fingerprint density at radius 3 is 2.93 bits per heavy atom. The zero-order chi connectivity index (χ0) is 20.0. The van der Waals surface area contributed by atoms with Crippen molar-refractivity contribution in [1.82, 2.24) is 24.5 Å². The molecule has 0 N–H and O–H groups in total. The van der Waals surface area contributed by atoms with Gasteiger partial charge in [-0.15, -0.1) is 0 Å². The van der Waals surface area contributed by atoms with Gasteiger partial charge < -0.3 is 23.8 Å². The Morgan fingerprint density at radius 1 is 1.24 bits per heavy atom. The van der Waals surface area contributed by atoms with Crippen LogP contribution in [-0.2, 0) is 4.79 Å². The molecule has 1 amide bonds. The van der Waals surface area contributed by atoms with Crippen LogP contribution in [0.15, 0.2) is 30.6 Å². The minimum atomic E-state index is -0.624. The Hall–Kier alpha value is -3.56. The summed E-state index contributed by atoms with van der Waals surface area (Å²) in [5.41, 5.74) is 0.790. The predicted octanol–water partition coefficient (Wildman–Crippen LogP) is 1.22. The summed E-state index contributed by atoms with van der Waals surface area (Å²) in [4.78, 5) is 22.7. The Balaban J connectivity index is 1.18. The van der Waals surface area contributed by atoms with Crippen molar-refractivity contribution in [2.75, 3.05) is 19.9 Å². The monoisotopic (exact) mass is 397 g/mol. The molecule has 150 valence electrons. The first-order valence-electron chi connectivity index (χ1n) is 9.26.